The fourth-order valence-corrected chi connectivity index (χ4v) is 4.07. The van der Waals surface area contributed by atoms with Gasteiger partial charge in [-0.05, 0) is 43.7 Å². The zero-order valence-corrected chi connectivity index (χ0v) is 15.8. The van der Waals surface area contributed by atoms with Crippen molar-refractivity contribution in [2.45, 2.75) is 23.4 Å². The first-order valence-corrected chi connectivity index (χ1v) is 9.60. The van der Waals surface area contributed by atoms with Gasteiger partial charge in [-0.25, -0.2) is 4.39 Å². The number of hydrogen-bond donors (Lipinski definition) is 2. The van der Waals surface area contributed by atoms with Gasteiger partial charge < -0.3 is 10.6 Å². The predicted octanol–water partition coefficient (Wildman–Crippen LogP) is 4.85. The Labute approximate surface area is 159 Å². The van der Waals surface area contributed by atoms with Crippen LogP contribution in [-0.4, -0.2) is 21.4 Å². The molecule has 0 spiro atoms. The minimum atomic E-state index is -0.460. The lowest BCUT2D eigenvalue weighted by atomic mass is 10.2. The number of nitrogens with zero attached hydrogens (tertiary/aromatic N) is 2. The number of para-hydroxylation sites is 1. The summed E-state index contributed by atoms with van der Waals surface area (Å²) < 4.78 is 14.3. The summed E-state index contributed by atoms with van der Waals surface area (Å²) in [7, 11) is 0. The normalized spacial score (nSPS) is 11.8. The largest absolute Gasteiger partial charge is 0.330 e. The Kier molecular flexibility index (Phi) is 5.85. The summed E-state index contributed by atoms with van der Waals surface area (Å²) >= 11 is 2.65. The van der Waals surface area contributed by atoms with Gasteiger partial charge >= 0.3 is 0 Å². The van der Waals surface area contributed by atoms with Gasteiger partial charge in [0.1, 0.15) is 5.82 Å². The number of aromatic nitrogens is 2. The molecule has 1 amide bonds. The van der Waals surface area contributed by atoms with E-state index in [-0.39, 0.29) is 11.6 Å². The number of benzene rings is 2. The van der Waals surface area contributed by atoms with Crippen molar-refractivity contribution < 1.29 is 9.18 Å². The number of nitrogens with one attached hydrogen (secondary N) is 2. The molecule has 0 saturated heterocycles. The molecule has 1 atom stereocenters. The molecule has 0 radical (unpaired) electrons. The van der Waals surface area contributed by atoms with Crippen LogP contribution in [0.2, 0.25) is 0 Å². The molecule has 0 fully saturated rings. The summed E-state index contributed by atoms with van der Waals surface area (Å²) in [5.41, 5.74) is 2.25. The number of hydrogen-bond acceptors (Lipinski definition) is 6. The average molecular weight is 388 g/mol. The molecule has 0 bridgehead atoms. The molecule has 1 aromatic heterocycles. The summed E-state index contributed by atoms with van der Waals surface area (Å²) in [5, 5.41) is 14.2. The van der Waals surface area contributed by atoms with Gasteiger partial charge in [0, 0.05) is 5.69 Å². The molecular formula is C18H17FN4OS2. The van der Waals surface area contributed by atoms with Gasteiger partial charge in [-0.3, -0.25) is 4.79 Å². The van der Waals surface area contributed by atoms with Gasteiger partial charge in [0.05, 0.1) is 10.9 Å². The number of thioether (sulfide) groups is 1. The van der Waals surface area contributed by atoms with E-state index in [1.165, 1.54) is 35.2 Å². The van der Waals surface area contributed by atoms with E-state index >= 15 is 0 Å². The maximum absolute atomic E-state index is 13.6. The summed E-state index contributed by atoms with van der Waals surface area (Å²) in [6.07, 6.45) is 0. The fraction of sp³-hybridized carbons (Fsp3) is 0.167. The Hall–Kier alpha value is -2.45. The molecule has 134 valence electrons. The van der Waals surface area contributed by atoms with Crippen molar-refractivity contribution in [3.05, 3.63) is 59.9 Å². The number of halogens is 1. The third kappa shape index (κ3) is 4.80. The van der Waals surface area contributed by atoms with Crippen molar-refractivity contribution in [3.8, 4) is 0 Å². The Bertz CT molecular complexity index is 915. The molecule has 0 aliphatic heterocycles. The quantitative estimate of drug-likeness (QED) is 0.591. The number of rotatable bonds is 6. The maximum Gasteiger partial charge on any atom is 0.237 e. The zero-order valence-electron chi connectivity index (χ0n) is 14.2. The van der Waals surface area contributed by atoms with E-state index in [1.54, 1.807) is 19.1 Å². The second kappa shape index (κ2) is 8.29. The van der Waals surface area contributed by atoms with Crippen LogP contribution < -0.4 is 10.6 Å². The van der Waals surface area contributed by atoms with E-state index in [2.05, 4.69) is 20.8 Å². The zero-order chi connectivity index (χ0) is 18.5. The van der Waals surface area contributed by atoms with Crippen LogP contribution in [0.5, 0.6) is 0 Å². The van der Waals surface area contributed by atoms with Gasteiger partial charge in [-0.15, -0.1) is 10.2 Å². The van der Waals surface area contributed by atoms with Crippen LogP contribution in [0, 0.1) is 12.7 Å². The van der Waals surface area contributed by atoms with Crippen LogP contribution in [0.4, 0.5) is 20.9 Å². The van der Waals surface area contributed by atoms with E-state index in [0.29, 0.717) is 9.47 Å². The molecule has 26 heavy (non-hydrogen) atoms. The predicted molar refractivity (Wildman–Crippen MR) is 105 cm³/mol. The van der Waals surface area contributed by atoms with Crippen LogP contribution in [0.3, 0.4) is 0 Å². The highest BCUT2D eigenvalue weighted by atomic mass is 32.2. The van der Waals surface area contributed by atoms with Crippen molar-refractivity contribution >= 4 is 45.5 Å². The van der Waals surface area contributed by atoms with Gasteiger partial charge in [-0.2, -0.15) is 0 Å². The van der Waals surface area contributed by atoms with Crippen molar-refractivity contribution in [1.82, 2.24) is 10.2 Å². The van der Waals surface area contributed by atoms with E-state index in [1.807, 2.05) is 31.2 Å². The Morgan fingerprint density at radius 3 is 2.77 bits per heavy atom. The topological polar surface area (TPSA) is 66.9 Å². The van der Waals surface area contributed by atoms with Crippen LogP contribution in [0.1, 0.15) is 12.5 Å². The van der Waals surface area contributed by atoms with Crippen LogP contribution in [0.15, 0.2) is 52.9 Å². The number of anilines is 3. The Morgan fingerprint density at radius 1 is 1.19 bits per heavy atom. The molecule has 3 aromatic rings. The molecule has 5 nitrogen and oxygen atoms in total. The smallest absolute Gasteiger partial charge is 0.237 e. The number of amides is 1. The molecule has 1 heterocycles. The lowest BCUT2D eigenvalue weighted by Crippen LogP contribution is -2.22. The van der Waals surface area contributed by atoms with Crippen LogP contribution >= 0.6 is 23.1 Å². The monoisotopic (exact) mass is 388 g/mol. The van der Waals surface area contributed by atoms with Gasteiger partial charge in [0.25, 0.3) is 0 Å². The minimum absolute atomic E-state index is 0.170. The van der Waals surface area contributed by atoms with Gasteiger partial charge in [0.2, 0.25) is 11.0 Å². The highest BCUT2D eigenvalue weighted by Gasteiger charge is 2.18. The summed E-state index contributed by atoms with van der Waals surface area (Å²) in [6, 6.07) is 14.0. The molecule has 0 aliphatic rings. The highest BCUT2D eigenvalue weighted by molar-refractivity contribution is 8.02. The second-order valence-electron chi connectivity index (χ2n) is 5.60. The molecule has 0 unspecified atom stereocenters. The minimum Gasteiger partial charge on any atom is -0.330 e. The van der Waals surface area contributed by atoms with Crippen molar-refractivity contribution in [3.63, 3.8) is 0 Å². The fourth-order valence-electron chi connectivity index (χ4n) is 2.16. The Morgan fingerprint density at radius 2 is 2.00 bits per heavy atom. The number of carbonyl (C=O) groups excluding carboxylic acids is 1. The molecule has 2 N–H and O–H groups in total. The first kappa shape index (κ1) is 18.3. The molecule has 2 aromatic carbocycles. The molecule has 3 rings (SSSR count). The maximum atomic E-state index is 13.6. The average Bonchev–Trinajstić information content (AvgIpc) is 3.03. The third-order valence-corrected chi connectivity index (χ3v) is 5.48. The molecular weight excluding hydrogens is 371 g/mol. The Balaban J connectivity index is 1.59. The first-order valence-electron chi connectivity index (χ1n) is 7.90. The first-order chi connectivity index (χ1) is 12.5. The van der Waals surface area contributed by atoms with E-state index in [4.69, 9.17) is 0 Å². The molecule has 8 heteroatoms. The third-order valence-electron chi connectivity index (χ3n) is 3.45. The van der Waals surface area contributed by atoms with Crippen molar-refractivity contribution in [2.24, 2.45) is 0 Å². The number of carbonyl (C=O) groups is 1. The number of aryl methyl sites for hydroxylation is 1. The highest BCUT2D eigenvalue weighted by Crippen LogP contribution is 2.31. The second-order valence-corrected chi connectivity index (χ2v) is 8.16. The standard InChI is InChI=1S/C18H17FN4OS2/c1-11-6-5-7-13(10-11)20-17-22-23-18(26-17)25-12(2)16(24)21-15-9-4-3-8-14(15)19/h3-10,12H,1-2H3,(H,20,22)(H,21,24)/t12-/m0/s1. The van der Waals surface area contributed by atoms with Crippen molar-refractivity contribution in [1.29, 1.82) is 0 Å². The van der Waals surface area contributed by atoms with Gasteiger partial charge in [-0.1, -0.05) is 47.4 Å². The molecule has 0 saturated carbocycles. The molecule has 0 aliphatic carbocycles. The van der Waals surface area contributed by atoms with E-state index in [0.717, 1.165) is 11.3 Å². The van der Waals surface area contributed by atoms with Crippen LogP contribution in [0.25, 0.3) is 0 Å². The summed E-state index contributed by atoms with van der Waals surface area (Å²) in [6.45, 7) is 3.76. The lowest BCUT2D eigenvalue weighted by molar-refractivity contribution is -0.115. The SMILES string of the molecule is Cc1cccc(Nc2nnc(S[C@@H](C)C(=O)Nc3ccccc3F)s2)c1. The van der Waals surface area contributed by atoms with Gasteiger partial charge in [0.15, 0.2) is 4.34 Å². The summed E-state index contributed by atoms with van der Waals surface area (Å²) in [4.78, 5) is 12.2. The summed E-state index contributed by atoms with van der Waals surface area (Å²) in [5.74, 6) is -0.748. The van der Waals surface area contributed by atoms with E-state index < -0.39 is 11.1 Å². The van der Waals surface area contributed by atoms with Crippen molar-refractivity contribution in [2.75, 3.05) is 10.6 Å². The van der Waals surface area contributed by atoms with Crippen LogP contribution in [-0.2, 0) is 4.79 Å². The lowest BCUT2D eigenvalue weighted by Gasteiger charge is -2.10. The van der Waals surface area contributed by atoms with E-state index in [9.17, 15) is 9.18 Å².